The van der Waals surface area contributed by atoms with Gasteiger partial charge in [-0.05, 0) is 41.5 Å². The van der Waals surface area contributed by atoms with Gasteiger partial charge in [-0.3, -0.25) is 0 Å². The molecule has 0 saturated heterocycles. The van der Waals surface area contributed by atoms with Crippen molar-refractivity contribution < 1.29 is 4.39 Å². The fraction of sp³-hybridized carbons (Fsp3) is 0.556. The normalized spacial score (nSPS) is 23.5. The lowest BCUT2D eigenvalue weighted by molar-refractivity contribution is 0.342. The van der Waals surface area contributed by atoms with Crippen LogP contribution in [-0.4, -0.2) is 0 Å². The lowest BCUT2D eigenvalue weighted by Gasteiger charge is -2.26. The third-order valence-electron chi connectivity index (χ3n) is 2.07. The van der Waals surface area contributed by atoms with E-state index in [1.807, 2.05) is 20.8 Å². The molecule has 0 bridgehead atoms. The van der Waals surface area contributed by atoms with E-state index in [1.165, 1.54) is 0 Å². The molecule has 0 radical (unpaired) electrons. The van der Waals surface area contributed by atoms with Gasteiger partial charge in [-0.1, -0.05) is 19.9 Å². The summed E-state index contributed by atoms with van der Waals surface area (Å²) >= 11 is 2.18. The van der Waals surface area contributed by atoms with E-state index in [0.717, 1.165) is 15.6 Å². The molecule has 0 nitrogen and oxygen atoms in total. The van der Waals surface area contributed by atoms with Crippen molar-refractivity contribution in [1.29, 1.82) is 0 Å². The molecule has 0 aromatic carbocycles. The largest absolute Gasteiger partial charge is 0.211 e. The summed E-state index contributed by atoms with van der Waals surface area (Å²) in [4.78, 5) is 0. The Morgan fingerprint density at radius 2 is 2.09 bits per heavy atom. The van der Waals surface area contributed by atoms with Crippen LogP contribution in [0.15, 0.2) is 21.1 Å². The Labute approximate surface area is 80.7 Å². The number of hydrogen-bond acceptors (Lipinski definition) is 0. The van der Waals surface area contributed by atoms with Crippen molar-refractivity contribution in [3.8, 4) is 0 Å². The van der Waals surface area contributed by atoms with Gasteiger partial charge in [-0.2, -0.15) is 0 Å². The van der Waals surface area contributed by atoms with Crippen molar-refractivity contribution in [1.82, 2.24) is 0 Å². The molecule has 0 aromatic rings. The van der Waals surface area contributed by atoms with Gasteiger partial charge in [0.1, 0.15) is 5.83 Å². The van der Waals surface area contributed by atoms with Gasteiger partial charge in [0, 0.05) is 8.99 Å². The second kappa shape index (κ2) is 2.88. The molecule has 0 atom stereocenters. The molecule has 1 aliphatic carbocycles. The van der Waals surface area contributed by atoms with Gasteiger partial charge in [0.2, 0.25) is 0 Å². The van der Waals surface area contributed by atoms with Gasteiger partial charge in [0.25, 0.3) is 0 Å². The summed E-state index contributed by atoms with van der Waals surface area (Å²) in [5, 5.41) is 0. The van der Waals surface area contributed by atoms with E-state index in [0.29, 0.717) is 0 Å². The van der Waals surface area contributed by atoms with E-state index in [4.69, 9.17) is 0 Å². The van der Waals surface area contributed by atoms with E-state index in [-0.39, 0.29) is 11.2 Å². The van der Waals surface area contributed by atoms with E-state index in [1.54, 1.807) is 0 Å². The summed E-state index contributed by atoms with van der Waals surface area (Å²) in [6.45, 7) is 5.71. The zero-order chi connectivity index (χ0) is 8.65. The molecule has 1 aliphatic rings. The minimum absolute atomic E-state index is 0.0457. The van der Waals surface area contributed by atoms with Crippen LogP contribution in [0.1, 0.15) is 27.2 Å². The van der Waals surface area contributed by atoms with Gasteiger partial charge in [0.05, 0.1) is 0 Å². The SMILES string of the molecule is CC1=C(F)C(C)(C)CC=C1I. The van der Waals surface area contributed by atoms with Gasteiger partial charge < -0.3 is 0 Å². The fourth-order valence-electron chi connectivity index (χ4n) is 1.20. The minimum Gasteiger partial charge on any atom is -0.211 e. The molecular formula is C9H12FI. The molecule has 0 unspecified atom stereocenters. The maximum absolute atomic E-state index is 13.4. The number of hydrogen-bond donors (Lipinski definition) is 0. The molecule has 0 aromatic heterocycles. The molecule has 0 saturated carbocycles. The molecule has 0 spiro atoms. The highest BCUT2D eigenvalue weighted by Gasteiger charge is 2.28. The molecular weight excluding hydrogens is 254 g/mol. The lowest BCUT2D eigenvalue weighted by atomic mass is 9.82. The Balaban J connectivity index is 3.07. The maximum atomic E-state index is 13.4. The average Bonchev–Trinajstić information content (AvgIpc) is 1.95. The highest BCUT2D eigenvalue weighted by atomic mass is 127. The van der Waals surface area contributed by atoms with E-state index in [2.05, 4.69) is 28.7 Å². The van der Waals surface area contributed by atoms with Crippen molar-refractivity contribution in [2.45, 2.75) is 27.2 Å². The van der Waals surface area contributed by atoms with E-state index in [9.17, 15) is 4.39 Å². The lowest BCUT2D eigenvalue weighted by Crippen LogP contribution is -2.15. The Kier molecular flexibility index (Phi) is 2.42. The van der Waals surface area contributed by atoms with Crippen LogP contribution in [0.3, 0.4) is 0 Å². The molecule has 0 fully saturated rings. The fourth-order valence-corrected chi connectivity index (χ4v) is 1.66. The van der Waals surface area contributed by atoms with Crippen molar-refractivity contribution >= 4 is 22.6 Å². The smallest absolute Gasteiger partial charge is 0.110 e. The van der Waals surface area contributed by atoms with Crippen molar-refractivity contribution in [2.24, 2.45) is 5.41 Å². The molecule has 2 heteroatoms. The molecule has 62 valence electrons. The summed E-state index contributed by atoms with van der Waals surface area (Å²) in [5.74, 6) is 0.0457. The van der Waals surface area contributed by atoms with E-state index < -0.39 is 0 Å². The first-order valence-electron chi connectivity index (χ1n) is 3.68. The second-order valence-electron chi connectivity index (χ2n) is 3.58. The number of allylic oxidation sites excluding steroid dienone is 4. The summed E-state index contributed by atoms with van der Waals surface area (Å²) in [6, 6.07) is 0. The van der Waals surface area contributed by atoms with Crippen LogP contribution in [0.25, 0.3) is 0 Å². The van der Waals surface area contributed by atoms with Crippen LogP contribution in [0.4, 0.5) is 4.39 Å². The zero-order valence-corrected chi connectivity index (χ0v) is 9.20. The molecule has 1 rings (SSSR count). The highest BCUT2D eigenvalue weighted by molar-refractivity contribution is 14.1. The van der Waals surface area contributed by atoms with Crippen LogP contribution >= 0.6 is 22.6 Å². The molecule has 0 aliphatic heterocycles. The van der Waals surface area contributed by atoms with Crippen LogP contribution in [0.2, 0.25) is 0 Å². The summed E-state index contributed by atoms with van der Waals surface area (Å²) < 4.78 is 14.5. The molecule has 0 N–H and O–H groups in total. The van der Waals surface area contributed by atoms with Crippen molar-refractivity contribution in [3.05, 3.63) is 21.1 Å². The van der Waals surface area contributed by atoms with Gasteiger partial charge >= 0.3 is 0 Å². The maximum Gasteiger partial charge on any atom is 0.110 e. The molecule has 0 heterocycles. The standard InChI is InChI=1S/C9H12FI/c1-6-7(11)4-5-9(2,3)8(6)10/h4H,5H2,1-3H3. The molecule has 0 amide bonds. The third kappa shape index (κ3) is 1.66. The Morgan fingerprint density at radius 1 is 1.55 bits per heavy atom. The van der Waals surface area contributed by atoms with Crippen LogP contribution in [-0.2, 0) is 0 Å². The van der Waals surface area contributed by atoms with Gasteiger partial charge in [-0.25, -0.2) is 4.39 Å². The third-order valence-corrected chi connectivity index (χ3v) is 3.32. The van der Waals surface area contributed by atoms with Crippen molar-refractivity contribution in [2.75, 3.05) is 0 Å². The number of halogens is 2. The molecule has 11 heavy (non-hydrogen) atoms. The predicted octanol–water partition coefficient (Wildman–Crippen LogP) is 3.98. The zero-order valence-electron chi connectivity index (χ0n) is 7.04. The summed E-state index contributed by atoms with van der Waals surface area (Å²) in [5.41, 5.74) is 0.528. The summed E-state index contributed by atoms with van der Waals surface area (Å²) in [7, 11) is 0. The first-order valence-corrected chi connectivity index (χ1v) is 4.76. The Hall–Kier alpha value is 0.140. The first-order chi connectivity index (χ1) is 4.95. The van der Waals surface area contributed by atoms with Crippen LogP contribution < -0.4 is 0 Å². The Bertz CT molecular complexity index is 236. The first kappa shape index (κ1) is 9.23. The van der Waals surface area contributed by atoms with Crippen LogP contribution in [0.5, 0.6) is 0 Å². The van der Waals surface area contributed by atoms with Gasteiger partial charge in [-0.15, -0.1) is 0 Å². The van der Waals surface area contributed by atoms with Crippen LogP contribution in [0, 0.1) is 5.41 Å². The monoisotopic (exact) mass is 266 g/mol. The predicted molar refractivity (Wildman–Crippen MR) is 54.3 cm³/mol. The Morgan fingerprint density at radius 3 is 2.55 bits per heavy atom. The average molecular weight is 266 g/mol. The minimum atomic E-state index is -0.279. The van der Waals surface area contributed by atoms with Crippen molar-refractivity contribution in [3.63, 3.8) is 0 Å². The van der Waals surface area contributed by atoms with E-state index >= 15 is 0 Å². The topological polar surface area (TPSA) is 0 Å². The highest BCUT2D eigenvalue weighted by Crippen LogP contribution is 2.41. The quantitative estimate of drug-likeness (QED) is 0.582. The number of rotatable bonds is 0. The van der Waals surface area contributed by atoms with Gasteiger partial charge in [0.15, 0.2) is 0 Å². The summed E-state index contributed by atoms with van der Waals surface area (Å²) in [6.07, 6.45) is 2.91. The second-order valence-corrected chi connectivity index (χ2v) is 4.74.